The van der Waals surface area contributed by atoms with E-state index in [0.29, 0.717) is 10.7 Å². The van der Waals surface area contributed by atoms with Crippen LogP contribution in [-0.2, 0) is 9.59 Å². The number of halogens is 1. The summed E-state index contributed by atoms with van der Waals surface area (Å²) >= 11 is 5.74. The lowest BCUT2D eigenvalue weighted by Crippen LogP contribution is -2.30. The summed E-state index contributed by atoms with van der Waals surface area (Å²) in [6.07, 6.45) is 1.19. The van der Waals surface area contributed by atoms with Gasteiger partial charge in [0.1, 0.15) is 11.6 Å². The highest BCUT2D eigenvalue weighted by atomic mass is 35.5. The molecule has 0 aliphatic heterocycles. The molecule has 0 aromatic heterocycles. The number of hydrogen-bond acceptors (Lipinski definition) is 4. The van der Waals surface area contributed by atoms with Gasteiger partial charge in [-0.1, -0.05) is 11.6 Å². The van der Waals surface area contributed by atoms with E-state index < -0.39 is 5.91 Å². The third kappa shape index (κ3) is 5.26. The van der Waals surface area contributed by atoms with Crippen molar-refractivity contribution in [2.24, 2.45) is 5.73 Å². The van der Waals surface area contributed by atoms with Crippen molar-refractivity contribution < 1.29 is 9.59 Å². The molecule has 1 rings (SSSR count). The second-order valence-electron chi connectivity index (χ2n) is 4.12. The summed E-state index contributed by atoms with van der Waals surface area (Å²) < 4.78 is 0. The van der Waals surface area contributed by atoms with Crippen molar-refractivity contribution in [3.05, 3.63) is 41.1 Å². The van der Waals surface area contributed by atoms with Crippen molar-refractivity contribution in [3.8, 4) is 6.07 Å². The average Bonchev–Trinajstić information content (AvgIpc) is 2.45. The highest BCUT2D eigenvalue weighted by Gasteiger charge is 2.13. The summed E-state index contributed by atoms with van der Waals surface area (Å²) in [5.41, 5.74) is 5.69. The predicted molar refractivity (Wildman–Crippen MR) is 80.2 cm³/mol. The first-order chi connectivity index (χ1) is 9.97. The summed E-state index contributed by atoms with van der Waals surface area (Å²) in [6, 6.07) is 8.21. The van der Waals surface area contributed by atoms with Crippen LogP contribution in [-0.4, -0.2) is 29.8 Å². The van der Waals surface area contributed by atoms with Gasteiger partial charge in [0.2, 0.25) is 5.91 Å². The van der Waals surface area contributed by atoms with Gasteiger partial charge in [0.05, 0.1) is 0 Å². The van der Waals surface area contributed by atoms with Crippen molar-refractivity contribution in [1.29, 1.82) is 5.26 Å². The van der Waals surface area contributed by atoms with E-state index in [-0.39, 0.29) is 24.6 Å². The molecule has 0 radical (unpaired) electrons. The number of hydrogen-bond donors (Lipinski definition) is 2. The second-order valence-corrected chi connectivity index (χ2v) is 4.55. The Balaban J connectivity index is 2.88. The first kappa shape index (κ1) is 16.7. The van der Waals surface area contributed by atoms with Crippen LogP contribution in [0.15, 0.2) is 36.0 Å². The summed E-state index contributed by atoms with van der Waals surface area (Å²) in [5, 5.41) is 12.1. The summed E-state index contributed by atoms with van der Waals surface area (Å²) in [4.78, 5) is 24.6. The SMILES string of the molecule is CC(=O)N(/C=C(/C#N)C(=O)Nc1ccc(Cl)cc1)CCN. The predicted octanol–water partition coefficient (Wildman–Crippen LogP) is 1.49. The molecular weight excluding hydrogens is 292 g/mol. The molecule has 3 N–H and O–H groups in total. The van der Waals surface area contributed by atoms with E-state index in [4.69, 9.17) is 22.6 Å². The summed E-state index contributed by atoms with van der Waals surface area (Å²) in [7, 11) is 0. The van der Waals surface area contributed by atoms with Gasteiger partial charge in [-0.25, -0.2) is 0 Å². The van der Waals surface area contributed by atoms with E-state index >= 15 is 0 Å². The van der Waals surface area contributed by atoms with Gasteiger partial charge < -0.3 is 16.0 Å². The monoisotopic (exact) mass is 306 g/mol. The minimum atomic E-state index is -0.608. The first-order valence-corrected chi connectivity index (χ1v) is 6.52. The van der Waals surface area contributed by atoms with Crippen molar-refractivity contribution in [2.45, 2.75) is 6.92 Å². The van der Waals surface area contributed by atoms with Gasteiger partial charge in [-0.3, -0.25) is 9.59 Å². The zero-order valence-electron chi connectivity index (χ0n) is 11.5. The average molecular weight is 307 g/mol. The van der Waals surface area contributed by atoms with Crippen molar-refractivity contribution in [2.75, 3.05) is 18.4 Å². The van der Waals surface area contributed by atoms with Crippen LogP contribution in [0.3, 0.4) is 0 Å². The molecule has 0 atom stereocenters. The maximum atomic E-state index is 12.0. The van der Waals surface area contributed by atoms with Crippen LogP contribution in [0.1, 0.15) is 6.92 Å². The molecule has 0 saturated carbocycles. The van der Waals surface area contributed by atoms with E-state index in [1.807, 2.05) is 0 Å². The minimum absolute atomic E-state index is 0.186. The Morgan fingerprint density at radius 3 is 2.52 bits per heavy atom. The van der Waals surface area contributed by atoms with Crippen LogP contribution in [0.2, 0.25) is 5.02 Å². The number of nitriles is 1. The minimum Gasteiger partial charge on any atom is -0.329 e. The molecule has 0 aliphatic rings. The lowest BCUT2D eigenvalue weighted by molar-refractivity contribution is -0.126. The number of nitrogens with zero attached hydrogens (tertiary/aromatic N) is 2. The fourth-order valence-electron chi connectivity index (χ4n) is 1.48. The summed E-state index contributed by atoms with van der Waals surface area (Å²) in [5.74, 6) is -0.907. The maximum absolute atomic E-state index is 12.0. The van der Waals surface area contributed by atoms with Crippen LogP contribution in [0.25, 0.3) is 0 Å². The molecule has 0 saturated heterocycles. The topological polar surface area (TPSA) is 99.2 Å². The number of nitrogens with one attached hydrogen (secondary N) is 1. The molecule has 2 amide bonds. The molecule has 1 aromatic carbocycles. The van der Waals surface area contributed by atoms with Crippen molar-refractivity contribution in [1.82, 2.24) is 4.90 Å². The fraction of sp³-hybridized carbons (Fsp3) is 0.214. The molecule has 0 heterocycles. The largest absolute Gasteiger partial charge is 0.329 e. The lowest BCUT2D eigenvalue weighted by atomic mass is 10.2. The Kier molecular flexibility index (Phi) is 6.40. The standard InChI is InChI=1S/C14H15ClN4O2/c1-10(20)19(7-6-16)9-11(8-17)14(21)18-13-4-2-12(15)3-5-13/h2-5,9H,6-7,16H2,1H3,(H,18,21)/b11-9-. The third-order valence-corrected chi connectivity index (χ3v) is 2.78. The molecule has 110 valence electrons. The number of anilines is 1. The Morgan fingerprint density at radius 1 is 1.43 bits per heavy atom. The van der Waals surface area contributed by atoms with E-state index in [0.717, 1.165) is 0 Å². The van der Waals surface area contributed by atoms with Crippen molar-refractivity contribution in [3.63, 3.8) is 0 Å². The number of carbonyl (C=O) groups excluding carboxylic acids is 2. The second kappa shape index (κ2) is 8.04. The molecule has 0 unspecified atom stereocenters. The zero-order chi connectivity index (χ0) is 15.8. The van der Waals surface area contributed by atoms with E-state index in [9.17, 15) is 9.59 Å². The molecule has 0 fully saturated rings. The Bertz CT molecular complexity index is 590. The van der Waals surface area contributed by atoms with Crippen LogP contribution in [0.5, 0.6) is 0 Å². The van der Waals surface area contributed by atoms with E-state index in [2.05, 4.69) is 5.32 Å². The zero-order valence-corrected chi connectivity index (χ0v) is 12.2. The molecule has 7 heteroatoms. The first-order valence-electron chi connectivity index (χ1n) is 6.14. The highest BCUT2D eigenvalue weighted by molar-refractivity contribution is 6.30. The number of benzene rings is 1. The van der Waals surface area contributed by atoms with Crippen LogP contribution >= 0.6 is 11.6 Å². The van der Waals surface area contributed by atoms with Crippen LogP contribution in [0.4, 0.5) is 5.69 Å². The Morgan fingerprint density at radius 2 is 2.05 bits per heavy atom. The lowest BCUT2D eigenvalue weighted by Gasteiger charge is -2.15. The highest BCUT2D eigenvalue weighted by Crippen LogP contribution is 2.14. The molecule has 21 heavy (non-hydrogen) atoms. The Labute approximate surface area is 127 Å². The van der Waals surface area contributed by atoms with E-state index in [1.54, 1.807) is 30.3 Å². The molecule has 0 aliphatic carbocycles. The van der Waals surface area contributed by atoms with Crippen LogP contribution < -0.4 is 11.1 Å². The van der Waals surface area contributed by atoms with Crippen molar-refractivity contribution >= 4 is 29.1 Å². The molecule has 1 aromatic rings. The number of amides is 2. The molecule has 0 spiro atoms. The molecule has 0 bridgehead atoms. The summed E-state index contributed by atoms with van der Waals surface area (Å²) in [6.45, 7) is 1.79. The molecule has 6 nitrogen and oxygen atoms in total. The van der Waals surface area contributed by atoms with Gasteiger partial charge in [0.15, 0.2) is 0 Å². The number of rotatable bonds is 5. The molecular formula is C14H15ClN4O2. The maximum Gasteiger partial charge on any atom is 0.267 e. The smallest absolute Gasteiger partial charge is 0.267 e. The van der Waals surface area contributed by atoms with Gasteiger partial charge in [0, 0.05) is 36.9 Å². The number of nitrogens with two attached hydrogens (primary N) is 1. The van der Waals surface area contributed by atoms with Crippen LogP contribution in [0, 0.1) is 11.3 Å². The van der Waals surface area contributed by atoms with Gasteiger partial charge in [-0.15, -0.1) is 0 Å². The van der Waals surface area contributed by atoms with Gasteiger partial charge in [-0.2, -0.15) is 5.26 Å². The van der Waals surface area contributed by atoms with Gasteiger partial charge in [-0.05, 0) is 24.3 Å². The fourth-order valence-corrected chi connectivity index (χ4v) is 1.60. The third-order valence-electron chi connectivity index (χ3n) is 2.53. The quantitative estimate of drug-likeness (QED) is 0.636. The van der Waals surface area contributed by atoms with Gasteiger partial charge >= 0.3 is 0 Å². The normalized spacial score (nSPS) is 10.7. The number of carbonyl (C=O) groups is 2. The van der Waals surface area contributed by atoms with E-state index in [1.165, 1.54) is 18.0 Å². The Hall–Kier alpha value is -2.36. The van der Waals surface area contributed by atoms with Gasteiger partial charge in [0.25, 0.3) is 5.91 Å².